The fourth-order valence-electron chi connectivity index (χ4n) is 1.79. The Hall–Kier alpha value is -3.14. The van der Waals surface area contributed by atoms with Gasteiger partial charge in [0.1, 0.15) is 23.2 Å². The zero-order chi connectivity index (χ0) is 15.4. The summed E-state index contributed by atoms with van der Waals surface area (Å²) in [6, 6.07) is 9.74. The Labute approximate surface area is 119 Å². The van der Waals surface area contributed by atoms with Crippen molar-refractivity contribution in [2.24, 2.45) is 0 Å². The van der Waals surface area contributed by atoms with Gasteiger partial charge in [-0.1, -0.05) is 0 Å². The lowest BCUT2D eigenvalue weighted by molar-refractivity contribution is -0.385. The Morgan fingerprint density at radius 2 is 2.10 bits per heavy atom. The maximum Gasteiger partial charge on any atom is 0.287 e. The van der Waals surface area contributed by atoms with Gasteiger partial charge in [-0.3, -0.25) is 10.1 Å². The number of methoxy groups -OCH3 is 1. The highest BCUT2D eigenvalue weighted by Gasteiger charge is 2.14. The van der Waals surface area contributed by atoms with Crippen LogP contribution in [-0.2, 0) is 0 Å². The Kier molecular flexibility index (Phi) is 4.00. The first-order valence-corrected chi connectivity index (χ1v) is 5.84. The van der Waals surface area contributed by atoms with E-state index in [-0.39, 0.29) is 17.0 Å². The van der Waals surface area contributed by atoms with Crippen molar-refractivity contribution in [1.82, 2.24) is 0 Å². The first-order chi connectivity index (χ1) is 10.0. The number of hydrogen-bond acceptors (Lipinski definition) is 5. The van der Waals surface area contributed by atoms with Crippen LogP contribution in [0.1, 0.15) is 5.56 Å². The molecule has 2 aromatic rings. The topological polar surface area (TPSA) is 88.2 Å². The molecule has 0 fully saturated rings. The number of anilines is 2. The summed E-state index contributed by atoms with van der Waals surface area (Å²) < 4.78 is 18.1. The van der Waals surface area contributed by atoms with E-state index in [9.17, 15) is 14.5 Å². The maximum absolute atomic E-state index is 13.1. The monoisotopic (exact) mass is 287 g/mol. The number of halogens is 1. The Morgan fingerprint density at radius 3 is 2.71 bits per heavy atom. The number of ether oxygens (including phenoxy) is 1. The minimum absolute atomic E-state index is 0.0638. The molecule has 0 aromatic heterocycles. The van der Waals surface area contributed by atoms with Gasteiger partial charge in [0.15, 0.2) is 0 Å². The molecule has 0 bridgehead atoms. The number of nitro benzene ring substituents is 1. The number of nitriles is 1. The van der Waals surface area contributed by atoms with E-state index in [0.29, 0.717) is 11.4 Å². The Morgan fingerprint density at radius 1 is 1.33 bits per heavy atom. The van der Waals surface area contributed by atoms with Gasteiger partial charge in [0.25, 0.3) is 5.69 Å². The van der Waals surface area contributed by atoms with E-state index < -0.39 is 10.7 Å². The summed E-state index contributed by atoms with van der Waals surface area (Å²) in [4.78, 5) is 10.1. The van der Waals surface area contributed by atoms with E-state index in [1.165, 1.54) is 43.5 Å². The Bertz CT molecular complexity index is 741. The lowest BCUT2D eigenvalue weighted by Crippen LogP contribution is -1.97. The highest BCUT2D eigenvalue weighted by atomic mass is 19.1. The number of nitro groups is 1. The van der Waals surface area contributed by atoms with E-state index in [4.69, 9.17) is 10.00 Å². The van der Waals surface area contributed by atoms with Gasteiger partial charge in [0, 0.05) is 17.8 Å². The minimum atomic E-state index is -0.624. The Balaban J connectivity index is 2.37. The van der Waals surface area contributed by atoms with Crippen LogP contribution in [0.15, 0.2) is 36.4 Å². The van der Waals surface area contributed by atoms with E-state index in [1.54, 1.807) is 6.07 Å². The van der Waals surface area contributed by atoms with Crippen molar-refractivity contribution < 1.29 is 14.1 Å². The largest absolute Gasteiger partial charge is 0.494 e. The predicted molar refractivity (Wildman–Crippen MR) is 74.0 cm³/mol. The first kappa shape index (κ1) is 14.3. The molecule has 0 aliphatic heterocycles. The van der Waals surface area contributed by atoms with Gasteiger partial charge < -0.3 is 10.1 Å². The summed E-state index contributed by atoms with van der Waals surface area (Å²) in [6.07, 6.45) is 0. The van der Waals surface area contributed by atoms with Crippen molar-refractivity contribution in [2.75, 3.05) is 12.4 Å². The molecule has 0 heterocycles. The van der Waals surface area contributed by atoms with Crippen molar-refractivity contribution in [1.29, 1.82) is 5.26 Å². The third kappa shape index (κ3) is 3.06. The molecule has 0 aliphatic carbocycles. The van der Waals surface area contributed by atoms with Crippen LogP contribution in [0.5, 0.6) is 5.75 Å². The molecule has 0 atom stereocenters. The van der Waals surface area contributed by atoms with E-state index >= 15 is 0 Å². The molecule has 7 heteroatoms. The second kappa shape index (κ2) is 5.88. The molecule has 1 N–H and O–H groups in total. The number of benzene rings is 2. The van der Waals surface area contributed by atoms with Crippen LogP contribution in [0.3, 0.4) is 0 Å². The molecule has 2 rings (SSSR count). The molecule has 106 valence electrons. The molecule has 0 saturated heterocycles. The SMILES string of the molecule is COc1cc(F)ccc1Nc1ccc([N+](=O)[O-])c(C#N)c1. The lowest BCUT2D eigenvalue weighted by atomic mass is 10.1. The molecular weight excluding hydrogens is 277 g/mol. The highest BCUT2D eigenvalue weighted by molar-refractivity contribution is 5.69. The zero-order valence-corrected chi connectivity index (χ0v) is 11.0. The van der Waals surface area contributed by atoms with Gasteiger partial charge in [-0.15, -0.1) is 0 Å². The fraction of sp³-hybridized carbons (Fsp3) is 0.0714. The van der Waals surface area contributed by atoms with Crippen LogP contribution >= 0.6 is 0 Å². The molecule has 6 nitrogen and oxygen atoms in total. The van der Waals surface area contributed by atoms with Gasteiger partial charge in [0.05, 0.1) is 17.7 Å². The molecule has 21 heavy (non-hydrogen) atoms. The normalized spacial score (nSPS) is 9.76. The summed E-state index contributed by atoms with van der Waals surface area (Å²) in [6.45, 7) is 0. The predicted octanol–water partition coefficient (Wildman–Crippen LogP) is 3.36. The summed E-state index contributed by atoms with van der Waals surface area (Å²) >= 11 is 0. The van der Waals surface area contributed by atoms with E-state index in [1.807, 2.05) is 0 Å². The zero-order valence-electron chi connectivity index (χ0n) is 11.0. The van der Waals surface area contributed by atoms with E-state index in [2.05, 4.69) is 5.32 Å². The van der Waals surface area contributed by atoms with Crippen LogP contribution < -0.4 is 10.1 Å². The average Bonchev–Trinajstić information content (AvgIpc) is 2.48. The summed E-state index contributed by atoms with van der Waals surface area (Å²) in [5.74, 6) is -0.161. The molecule has 0 aliphatic rings. The molecule has 2 aromatic carbocycles. The second-order valence-electron chi connectivity index (χ2n) is 4.07. The van der Waals surface area contributed by atoms with Gasteiger partial charge in [-0.2, -0.15) is 5.26 Å². The molecule has 0 radical (unpaired) electrons. The van der Waals surface area contributed by atoms with Gasteiger partial charge >= 0.3 is 0 Å². The highest BCUT2D eigenvalue weighted by Crippen LogP contribution is 2.30. The molecule has 0 saturated carbocycles. The lowest BCUT2D eigenvalue weighted by Gasteiger charge is -2.11. The smallest absolute Gasteiger partial charge is 0.287 e. The number of hydrogen-bond donors (Lipinski definition) is 1. The molecule has 0 amide bonds. The molecular formula is C14H10FN3O3. The van der Waals surface area contributed by atoms with Crippen LogP contribution in [0.25, 0.3) is 0 Å². The van der Waals surface area contributed by atoms with Crippen molar-refractivity contribution in [3.8, 4) is 11.8 Å². The van der Waals surface area contributed by atoms with Gasteiger partial charge in [0.2, 0.25) is 0 Å². The summed E-state index contributed by atoms with van der Waals surface area (Å²) in [5.41, 5.74) is 0.610. The van der Waals surface area contributed by atoms with Crippen LogP contribution in [0, 0.1) is 27.3 Å². The third-order valence-corrected chi connectivity index (χ3v) is 2.76. The van der Waals surface area contributed by atoms with Gasteiger partial charge in [-0.25, -0.2) is 4.39 Å². The number of rotatable bonds is 4. The average molecular weight is 287 g/mol. The molecule has 0 unspecified atom stereocenters. The van der Waals surface area contributed by atoms with Crippen LogP contribution in [0.2, 0.25) is 0 Å². The number of nitrogens with one attached hydrogen (secondary N) is 1. The fourth-order valence-corrected chi connectivity index (χ4v) is 1.79. The first-order valence-electron chi connectivity index (χ1n) is 5.84. The summed E-state index contributed by atoms with van der Waals surface area (Å²) in [7, 11) is 1.40. The molecule has 0 spiro atoms. The van der Waals surface area contributed by atoms with Crippen LogP contribution in [-0.4, -0.2) is 12.0 Å². The van der Waals surface area contributed by atoms with Gasteiger partial charge in [-0.05, 0) is 24.3 Å². The maximum atomic E-state index is 13.1. The second-order valence-corrected chi connectivity index (χ2v) is 4.07. The van der Waals surface area contributed by atoms with Crippen molar-refractivity contribution >= 4 is 17.1 Å². The van der Waals surface area contributed by atoms with E-state index in [0.717, 1.165) is 0 Å². The quantitative estimate of drug-likeness (QED) is 0.688. The van der Waals surface area contributed by atoms with Crippen molar-refractivity contribution in [3.63, 3.8) is 0 Å². The summed E-state index contributed by atoms with van der Waals surface area (Å²) in [5, 5.41) is 22.6. The standard InChI is InChI=1S/C14H10FN3O3/c1-21-14-7-10(15)2-4-12(14)17-11-3-5-13(18(19)20)9(6-11)8-16/h2-7,17H,1H3. The van der Waals surface area contributed by atoms with Crippen molar-refractivity contribution in [3.05, 3.63) is 57.9 Å². The third-order valence-electron chi connectivity index (χ3n) is 2.76. The van der Waals surface area contributed by atoms with Crippen LogP contribution in [0.4, 0.5) is 21.5 Å². The minimum Gasteiger partial charge on any atom is -0.494 e. The number of nitrogens with zero attached hydrogens (tertiary/aromatic N) is 2. The van der Waals surface area contributed by atoms with Crippen molar-refractivity contribution in [2.45, 2.75) is 0 Å².